The van der Waals surface area contributed by atoms with Crippen LogP contribution in [0.5, 0.6) is 0 Å². The van der Waals surface area contributed by atoms with Crippen molar-refractivity contribution in [2.75, 3.05) is 32.8 Å². The van der Waals surface area contributed by atoms with Crippen molar-refractivity contribution in [2.24, 2.45) is 10.9 Å². The van der Waals surface area contributed by atoms with Gasteiger partial charge in [-0.25, -0.2) is 0 Å². The van der Waals surface area contributed by atoms with Crippen molar-refractivity contribution in [3.8, 4) is 0 Å². The normalized spacial score (nSPS) is 18.9. The number of hydrogen-bond donors (Lipinski definition) is 3. The molecule has 132 valence electrons. The molecule has 0 aromatic rings. The first kappa shape index (κ1) is 18.0. The van der Waals surface area contributed by atoms with E-state index in [1.165, 1.54) is 25.7 Å². The number of nitrogens with zero attached hydrogens (tertiary/aromatic N) is 1. The van der Waals surface area contributed by atoms with Crippen molar-refractivity contribution in [1.82, 2.24) is 16.0 Å². The molecule has 0 aliphatic heterocycles. The first-order valence-corrected chi connectivity index (χ1v) is 9.21. The highest BCUT2D eigenvalue weighted by molar-refractivity contribution is 5.81. The second-order valence-corrected chi connectivity index (χ2v) is 6.38. The van der Waals surface area contributed by atoms with Crippen molar-refractivity contribution in [3.05, 3.63) is 0 Å². The van der Waals surface area contributed by atoms with Crippen molar-refractivity contribution < 1.29 is 9.53 Å². The molecule has 23 heavy (non-hydrogen) atoms. The molecule has 0 aromatic carbocycles. The summed E-state index contributed by atoms with van der Waals surface area (Å²) in [4.78, 5) is 16.1. The summed E-state index contributed by atoms with van der Waals surface area (Å²) in [6.07, 6.45) is 8.60. The highest BCUT2D eigenvalue weighted by atomic mass is 16.5. The van der Waals surface area contributed by atoms with Gasteiger partial charge in [-0.2, -0.15) is 0 Å². The largest absolute Gasteiger partial charge is 0.378 e. The lowest BCUT2D eigenvalue weighted by molar-refractivity contribution is -0.122. The fourth-order valence-corrected chi connectivity index (χ4v) is 2.76. The van der Waals surface area contributed by atoms with Gasteiger partial charge in [-0.15, -0.1) is 0 Å². The standard InChI is InChI=1S/C17H32N4O2/c1-2-18-17(21-12-11-19-16(22)14-8-9-14)20-10-5-13-23-15-6-3-4-7-15/h14-15H,2-13H2,1H3,(H,19,22)(H2,18,20,21). The zero-order valence-electron chi connectivity index (χ0n) is 14.4. The van der Waals surface area contributed by atoms with Crippen molar-refractivity contribution in [1.29, 1.82) is 0 Å². The maximum atomic E-state index is 11.5. The van der Waals surface area contributed by atoms with Gasteiger partial charge >= 0.3 is 0 Å². The average molecular weight is 324 g/mol. The highest BCUT2D eigenvalue weighted by Gasteiger charge is 2.28. The number of aliphatic imine (C=N–C) groups is 1. The number of nitrogens with one attached hydrogen (secondary N) is 3. The summed E-state index contributed by atoms with van der Waals surface area (Å²) in [6.45, 7) is 5.78. The van der Waals surface area contributed by atoms with Gasteiger partial charge in [-0.1, -0.05) is 12.8 Å². The number of carbonyl (C=O) groups is 1. The van der Waals surface area contributed by atoms with Gasteiger partial charge in [0, 0.05) is 38.7 Å². The molecule has 0 radical (unpaired) electrons. The molecule has 2 aliphatic carbocycles. The van der Waals surface area contributed by atoms with E-state index in [0.717, 1.165) is 44.9 Å². The predicted molar refractivity (Wildman–Crippen MR) is 92.5 cm³/mol. The minimum atomic E-state index is 0.192. The van der Waals surface area contributed by atoms with E-state index < -0.39 is 0 Å². The van der Waals surface area contributed by atoms with E-state index in [1.807, 2.05) is 0 Å². The molecule has 0 aromatic heterocycles. The van der Waals surface area contributed by atoms with Crippen LogP contribution < -0.4 is 16.0 Å². The van der Waals surface area contributed by atoms with E-state index in [0.29, 0.717) is 19.2 Å². The number of carbonyl (C=O) groups excluding carboxylic acids is 1. The number of hydrogen-bond acceptors (Lipinski definition) is 3. The van der Waals surface area contributed by atoms with Gasteiger partial charge in [0.25, 0.3) is 0 Å². The second kappa shape index (κ2) is 10.5. The van der Waals surface area contributed by atoms with Crippen LogP contribution in [-0.4, -0.2) is 50.8 Å². The Labute approximate surface area is 139 Å². The number of guanidine groups is 1. The third-order valence-electron chi connectivity index (χ3n) is 4.24. The molecule has 0 heterocycles. The molecule has 2 aliphatic rings. The Kier molecular flexibility index (Phi) is 8.21. The quantitative estimate of drug-likeness (QED) is 0.323. The summed E-state index contributed by atoms with van der Waals surface area (Å²) in [6, 6.07) is 0. The minimum Gasteiger partial charge on any atom is -0.378 e. The van der Waals surface area contributed by atoms with Gasteiger partial charge in [0.1, 0.15) is 0 Å². The van der Waals surface area contributed by atoms with Gasteiger partial charge in [-0.05, 0) is 39.0 Å². The predicted octanol–water partition coefficient (Wildman–Crippen LogP) is 1.42. The molecule has 0 saturated heterocycles. The van der Waals surface area contributed by atoms with Gasteiger partial charge in [0.15, 0.2) is 5.96 Å². The first-order chi connectivity index (χ1) is 11.3. The lowest BCUT2D eigenvalue weighted by Crippen LogP contribution is -2.41. The van der Waals surface area contributed by atoms with Crippen LogP contribution in [0.25, 0.3) is 0 Å². The third kappa shape index (κ3) is 7.68. The molecule has 0 unspecified atom stereocenters. The molecule has 6 nitrogen and oxygen atoms in total. The van der Waals surface area contributed by atoms with E-state index in [1.54, 1.807) is 0 Å². The van der Waals surface area contributed by atoms with Gasteiger partial charge in [0.2, 0.25) is 5.91 Å². The van der Waals surface area contributed by atoms with Gasteiger partial charge < -0.3 is 20.7 Å². The Morgan fingerprint density at radius 1 is 1.09 bits per heavy atom. The van der Waals surface area contributed by atoms with Crippen LogP contribution in [-0.2, 0) is 9.53 Å². The molecule has 0 atom stereocenters. The average Bonchev–Trinajstić information content (AvgIpc) is 3.28. The molecular weight excluding hydrogens is 292 g/mol. The summed E-state index contributed by atoms with van der Waals surface area (Å²) in [7, 11) is 0. The van der Waals surface area contributed by atoms with Crippen molar-refractivity contribution in [2.45, 2.75) is 58.0 Å². The summed E-state index contributed by atoms with van der Waals surface area (Å²) in [5, 5.41) is 9.42. The maximum Gasteiger partial charge on any atom is 0.223 e. The van der Waals surface area contributed by atoms with E-state index in [-0.39, 0.29) is 11.8 Å². The lowest BCUT2D eigenvalue weighted by atomic mass is 10.3. The number of ether oxygens (including phenoxy) is 1. The fraction of sp³-hybridized carbons (Fsp3) is 0.882. The third-order valence-corrected chi connectivity index (χ3v) is 4.24. The lowest BCUT2D eigenvalue weighted by Gasteiger charge is -2.12. The van der Waals surface area contributed by atoms with Crippen molar-refractivity contribution >= 4 is 11.9 Å². The molecule has 2 saturated carbocycles. The maximum absolute atomic E-state index is 11.5. The molecular formula is C17H32N4O2. The van der Waals surface area contributed by atoms with Crippen LogP contribution in [0.15, 0.2) is 4.99 Å². The fourth-order valence-electron chi connectivity index (χ4n) is 2.76. The van der Waals surface area contributed by atoms with Crippen LogP contribution in [0, 0.1) is 5.92 Å². The molecule has 6 heteroatoms. The van der Waals surface area contributed by atoms with Gasteiger partial charge in [-0.3, -0.25) is 9.79 Å². The Balaban J connectivity index is 1.52. The molecule has 2 fully saturated rings. The molecule has 1 amide bonds. The van der Waals surface area contributed by atoms with Crippen LogP contribution in [0.1, 0.15) is 51.9 Å². The monoisotopic (exact) mass is 324 g/mol. The molecule has 0 bridgehead atoms. The second-order valence-electron chi connectivity index (χ2n) is 6.38. The summed E-state index contributed by atoms with van der Waals surface area (Å²) < 4.78 is 5.84. The van der Waals surface area contributed by atoms with Crippen LogP contribution >= 0.6 is 0 Å². The topological polar surface area (TPSA) is 74.8 Å². The SMILES string of the molecule is CCNC(=NCCCOC1CCCC1)NCCNC(=O)C1CC1. The van der Waals surface area contributed by atoms with E-state index in [9.17, 15) is 4.79 Å². The van der Waals surface area contributed by atoms with E-state index in [2.05, 4.69) is 27.9 Å². The smallest absolute Gasteiger partial charge is 0.223 e. The number of rotatable bonds is 10. The molecule has 3 N–H and O–H groups in total. The van der Waals surface area contributed by atoms with E-state index in [4.69, 9.17) is 4.74 Å². The van der Waals surface area contributed by atoms with Crippen LogP contribution in [0.2, 0.25) is 0 Å². The summed E-state index contributed by atoms with van der Waals surface area (Å²) in [5.41, 5.74) is 0. The zero-order chi connectivity index (χ0) is 16.3. The number of amides is 1. The van der Waals surface area contributed by atoms with Gasteiger partial charge in [0.05, 0.1) is 6.10 Å². The summed E-state index contributed by atoms with van der Waals surface area (Å²) >= 11 is 0. The van der Waals surface area contributed by atoms with Crippen molar-refractivity contribution in [3.63, 3.8) is 0 Å². The highest BCUT2D eigenvalue weighted by Crippen LogP contribution is 2.28. The molecule has 0 spiro atoms. The Hall–Kier alpha value is -1.30. The Bertz CT molecular complexity index is 377. The first-order valence-electron chi connectivity index (χ1n) is 9.21. The zero-order valence-corrected chi connectivity index (χ0v) is 14.4. The molecule has 2 rings (SSSR count). The Morgan fingerprint density at radius 3 is 2.52 bits per heavy atom. The van der Waals surface area contributed by atoms with Crippen LogP contribution in [0.4, 0.5) is 0 Å². The minimum absolute atomic E-state index is 0.192. The summed E-state index contributed by atoms with van der Waals surface area (Å²) in [5.74, 6) is 1.28. The Morgan fingerprint density at radius 2 is 1.83 bits per heavy atom. The van der Waals surface area contributed by atoms with E-state index >= 15 is 0 Å². The van der Waals surface area contributed by atoms with Crippen LogP contribution in [0.3, 0.4) is 0 Å².